The van der Waals surface area contributed by atoms with E-state index in [9.17, 15) is 19.5 Å². The van der Waals surface area contributed by atoms with Crippen molar-refractivity contribution in [2.45, 2.75) is 65.0 Å². The molecule has 12 heteroatoms. The summed E-state index contributed by atoms with van der Waals surface area (Å²) in [5.74, 6) is 2.63. The number of carboxylic acid groups (broad SMARTS) is 1. The molecule has 0 unspecified atom stereocenters. The van der Waals surface area contributed by atoms with Gasteiger partial charge in [0.15, 0.2) is 6.61 Å². The molecule has 0 radical (unpaired) electrons. The molecule has 0 aliphatic carbocycles. The number of hydrogen-bond donors (Lipinski definition) is 2. The molecule has 0 saturated carbocycles. The molecule has 2 heterocycles. The molecule has 1 fully saturated rings. The number of piperidine rings is 1. The molecule has 0 bridgehead atoms. The van der Waals surface area contributed by atoms with Crippen molar-refractivity contribution in [3.8, 4) is 35.5 Å². The van der Waals surface area contributed by atoms with Crippen molar-refractivity contribution in [2.24, 2.45) is 5.41 Å². The molecule has 0 spiro atoms. The molecular formula is C34H45N3O9. The highest BCUT2D eigenvalue weighted by atomic mass is 16.5. The number of amides is 2. The van der Waals surface area contributed by atoms with Gasteiger partial charge in [-0.25, -0.2) is 9.78 Å². The molecule has 2 aromatic rings. The van der Waals surface area contributed by atoms with Gasteiger partial charge in [-0.05, 0) is 36.5 Å². The molecular weight excluding hydrogens is 594 g/mol. The Kier molecular flexibility index (Phi) is 14.6. The van der Waals surface area contributed by atoms with E-state index >= 15 is 0 Å². The van der Waals surface area contributed by atoms with Gasteiger partial charge in [0.1, 0.15) is 36.0 Å². The third kappa shape index (κ3) is 13.7. The summed E-state index contributed by atoms with van der Waals surface area (Å²) in [6.07, 6.45) is 9.39. The van der Waals surface area contributed by atoms with Gasteiger partial charge < -0.3 is 39.0 Å². The summed E-state index contributed by atoms with van der Waals surface area (Å²) in [7, 11) is 0. The Morgan fingerprint density at radius 3 is 2.48 bits per heavy atom. The van der Waals surface area contributed by atoms with Crippen molar-refractivity contribution in [1.82, 2.24) is 15.2 Å². The Balaban J connectivity index is 1.38. The summed E-state index contributed by atoms with van der Waals surface area (Å²) < 4.78 is 28.1. The van der Waals surface area contributed by atoms with Crippen LogP contribution in [-0.4, -0.2) is 91.0 Å². The number of benzene rings is 1. The first-order valence-electron chi connectivity index (χ1n) is 15.4. The van der Waals surface area contributed by atoms with Gasteiger partial charge in [0.25, 0.3) is 5.91 Å². The monoisotopic (exact) mass is 639 g/mol. The SMILES string of the molecule is C#CCOCCOCCC(=O)N1CCC(Oc2ccc(Oc3cccc(OCC(=O)N[C@@H](CCC(C)(C)C)C(=O)O)c3)nc2)CC1. The molecule has 1 saturated heterocycles. The van der Waals surface area contributed by atoms with Gasteiger partial charge in [-0.15, -0.1) is 6.42 Å². The van der Waals surface area contributed by atoms with E-state index in [1.807, 2.05) is 25.7 Å². The van der Waals surface area contributed by atoms with E-state index in [-0.39, 0.29) is 30.6 Å². The van der Waals surface area contributed by atoms with Gasteiger partial charge in [0.2, 0.25) is 11.8 Å². The molecule has 12 nitrogen and oxygen atoms in total. The van der Waals surface area contributed by atoms with Crippen LogP contribution in [0.5, 0.6) is 23.1 Å². The van der Waals surface area contributed by atoms with E-state index in [4.69, 9.17) is 30.1 Å². The van der Waals surface area contributed by atoms with Crippen LogP contribution < -0.4 is 19.5 Å². The van der Waals surface area contributed by atoms with Gasteiger partial charge in [-0.2, -0.15) is 0 Å². The fourth-order valence-electron chi connectivity index (χ4n) is 4.55. The van der Waals surface area contributed by atoms with Crippen molar-refractivity contribution in [3.05, 3.63) is 42.6 Å². The Labute approximate surface area is 270 Å². The third-order valence-electron chi connectivity index (χ3n) is 7.04. The second kappa shape index (κ2) is 18.6. The zero-order valence-electron chi connectivity index (χ0n) is 26.9. The van der Waals surface area contributed by atoms with Crippen LogP contribution in [0, 0.1) is 17.8 Å². The molecule has 2 N–H and O–H groups in total. The first-order valence-corrected chi connectivity index (χ1v) is 15.4. The predicted octanol–water partition coefficient (Wildman–Crippen LogP) is 4.07. The highest BCUT2D eigenvalue weighted by Crippen LogP contribution is 2.26. The number of carbonyl (C=O) groups is 3. The maximum Gasteiger partial charge on any atom is 0.326 e. The third-order valence-corrected chi connectivity index (χ3v) is 7.04. The maximum absolute atomic E-state index is 12.5. The van der Waals surface area contributed by atoms with Crippen molar-refractivity contribution in [2.75, 3.05) is 46.1 Å². The fourth-order valence-corrected chi connectivity index (χ4v) is 4.55. The van der Waals surface area contributed by atoms with Gasteiger partial charge in [0.05, 0.1) is 32.4 Å². The van der Waals surface area contributed by atoms with Gasteiger partial charge in [-0.3, -0.25) is 9.59 Å². The van der Waals surface area contributed by atoms with Crippen molar-refractivity contribution in [3.63, 3.8) is 0 Å². The minimum Gasteiger partial charge on any atom is -0.489 e. The number of aliphatic carboxylic acids is 1. The second-order valence-corrected chi connectivity index (χ2v) is 12.1. The van der Waals surface area contributed by atoms with Crippen LogP contribution in [0.2, 0.25) is 0 Å². The van der Waals surface area contributed by atoms with E-state index in [0.717, 1.165) is 0 Å². The smallest absolute Gasteiger partial charge is 0.326 e. The molecule has 250 valence electrons. The largest absolute Gasteiger partial charge is 0.489 e. The number of terminal acetylenes is 1. The van der Waals surface area contributed by atoms with Crippen LogP contribution in [0.15, 0.2) is 42.6 Å². The van der Waals surface area contributed by atoms with Gasteiger partial charge >= 0.3 is 5.97 Å². The molecule has 3 rings (SSSR count). The zero-order chi connectivity index (χ0) is 33.4. The number of carboxylic acids is 1. The summed E-state index contributed by atoms with van der Waals surface area (Å²) >= 11 is 0. The summed E-state index contributed by atoms with van der Waals surface area (Å²) in [4.78, 5) is 42.5. The molecule has 46 heavy (non-hydrogen) atoms. The number of nitrogens with zero attached hydrogens (tertiary/aromatic N) is 2. The topological polar surface area (TPSA) is 146 Å². The Morgan fingerprint density at radius 1 is 1.07 bits per heavy atom. The van der Waals surface area contributed by atoms with Gasteiger partial charge in [-0.1, -0.05) is 32.8 Å². The lowest BCUT2D eigenvalue weighted by molar-refractivity contribution is -0.142. The van der Waals surface area contributed by atoms with Crippen molar-refractivity contribution in [1.29, 1.82) is 0 Å². The quantitative estimate of drug-likeness (QED) is 0.181. The maximum atomic E-state index is 12.5. The lowest BCUT2D eigenvalue weighted by atomic mass is 9.88. The average Bonchev–Trinajstić information content (AvgIpc) is 3.02. The Hall–Kier alpha value is -4.34. The van der Waals surface area contributed by atoms with E-state index in [1.54, 1.807) is 42.6 Å². The minimum absolute atomic E-state index is 0.0301. The predicted molar refractivity (Wildman–Crippen MR) is 170 cm³/mol. The lowest BCUT2D eigenvalue weighted by Crippen LogP contribution is -2.43. The Bertz CT molecular complexity index is 1300. The van der Waals surface area contributed by atoms with Crippen LogP contribution in [-0.2, 0) is 23.9 Å². The first kappa shape index (κ1) is 36.1. The number of likely N-dealkylation sites (tertiary alicyclic amines) is 1. The van der Waals surface area contributed by atoms with Gasteiger partial charge in [0, 0.05) is 38.1 Å². The highest BCUT2D eigenvalue weighted by Gasteiger charge is 2.24. The van der Waals surface area contributed by atoms with E-state index in [0.29, 0.717) is 88.1 Å². The number of nitrogens with one attached hydrogen (secondary N) is 1. The fraction of sp³-hybridized carbons (Fsp3) is 0.529. The number of aromatic nitrogens is 1. The number of carbonyl (C=O) groups excluding carboxylic acids is 2. The van der Waals surface area contributed by atoms with Crippen molar-refractivity contribution < 1.29 is 43.2 Å². The standard InChI is InChI=1S/C34H45N3O9/c1-5-18-42-20-21-43-19-14-32(39)37-16-12-25(13-17-37)45-28-9-10-31(35-23-28)46-27-8-6-7-26(22-27)44-24-30(38)36-29(33(40)41)11-15-34(2,3)4/h1,6-10,22-23,25,29H,11-21,24H2,2-4H3,(H,36,38)(H,40,41)/t29-/m0/s1. The lowest BCUT2D eigenvalue weighted by Gasteiger charge is -2.32. The van der Waals surface area contributed by atoms with Crippen LogP contribution >= 0.6 is 0 Å². The number of ether oxygens (including phenoxy) is 5. The minimum atomic E-state index is -1.08. The molecule has 1 aliphatic heterocycles. The highest BCUT2D eigenvalue weighted by molar-refractivity contribution is 5.84. The van der Waals surface area contributed by atoms with Crippen LogP contribution in [0.3, 0.4) is 0 Å². The molecule has 1 aliphatic rings. The summed E-state index contributed by atoms with van der Waals surface area (Å²) in [6.45, 7) is 8.34. The Morgan fingerprint density at radius 2 is 1.80 bits per heavy atom. The van der Waals surface area contributed by atoms with Crippen LogP contribution in [0.1, 0.15) is 52.9 Å². The van der Waals surface area contributed by atoms with E-state index in [2.05, 4.69) is 16.2 Å². The average molecular weight is 640 g/mol. The van der Waals surface area contributed by atoms with E-state index < -0.39 is 17.9 Å². The van der Waals surface area contributed by atoms with Crippen molar-refractivity contribution >= 4 is 17.8 Å². The molecule has 1 aromatic heterocycles. The second-order valence-electron chi connectivity index (χ2n) is 12.1. The molecule has 1 aromatic carbocycles. The molecule has 1 atom stereocenters. The number of pyridine rings is 1. The summed E-state index contributed by atoms with van der Waals surface area (Å²) in [5, 5.41) is 12.0. The van der Waals surface area contributed by atoms with E-state index in [1.165, 1.54) is 0 Å². The first-order chi connectivity index (χ1) is 22.0. The zero-order valence-corrected chi connectivity index (χ0v) is 26.9. The van der Waals surface area contributed by atoms with Crippen LogP contribution in [0.4, 0.5) is 0 Å². The number of hydrogen-bond acceptors (Lipinski definition) is 9. The molecule has 2 amide bonds. The summed E-state index contributed by atoms with van der Waals surface area (Å²) in [6, 6.07) is 9.21. The van der Waals surface area contributed by atoms with Crippen LogP contribution in [0.25, 0.3) is 0 Å². The summed E-state index contributed by atoms with van der Waals surface area (Å²) in [5.41, 5.74) is -0.0464. The number of rotatable bonds is 18. The normalized spacial score (nSPS) is 14.2.